The number of epoxide rings is 1. The van der Waals surface area contributed by atoms with Gasteiger partial charge in [0, 0.05) is 19.3 Å². The number of carbonyl (C=O) groups excluding carboxylic acids is 4. The maximum Gasteiger partial charge on any atom is 2.00 e. The van der Waals surface area contributed by atoms with Gasteiger partial charge < -0.3 is 46.1 Å². The summed E-state index contributed by atoms with van der Waals surface area (Å²) in [4.78, 5) is 57.2. The zero-order valence-corrected chi connectivity index (χ0v) is 31.7. The van der Waals surface area contributed by atoms with Gasteiger partial charge in [-0.15, -0.1) is 12.0 Å². The molecule has 0 saturated carbocycles. The van der Waals surface area contributed by atoms with Gasteiger partial charge in [0.2, 0.25) is 5.91 Å². The van der Waals surface area contributed by atoms with Gasteiger partial charge >= 0.3 is 37.1 Å². The van der Waals surface area contributed by atoms with Crippen LogP contribution in [-0.2, 0) is 38.2 Å². The third-order valence-electron chi connectivity index (χ3n) is 8.82. The van der Waals surface area contributed by atoms with E-state index < -0.39 is 47.6 Å². The number of aliphatic hydroxyl groups excluding tert-OH is 1. The van der Waals surface area contributed by atoms with Crippen LogP contribution in [0.3, 0.4) is 0 Å². The molecular weight excluding hydrogens is 834 g/mol. The van der Waals surface area contributed by atoms with E-state index in [-0.39, 0.29) is 92.7 Å². The SMILES string of the molecule is C[C-]=NC(=[N-])C(C)/C=C\C(=O)NC1CC(C)C(C/C=C(C)/C=C/C2O[C@H](CC(=O)ON3C(=O)CCC3=O)CC3(CO3)[C@@H]2O)OC1C.[U+2]. The minimum Gasteiger partial charge on any atom is -0.644 e. The number of carbonyl (C=O) groups is 4. The number of ether oxygens (including phenoxy) is 3. The van der Waals surface area contributed by atoms with Crippen LogP contribution in [0.25, 0.3) is 5.41 Å². The van der Waals surface area contributed by atoms with Gasteiger partial charge in [-0.2, -0.15) is 0 Å². The van der Waals surface area contributed by atoms with Gasteiger partial charge in [0.05, 0.1) is 37.4 Å². The van der Waals surface area contributed by atoms with E-state index in [1.807, 2.05) is 26.0 Å². The fraction of sp³-hybridized carbons (Fsp3) is 0.636. The number of hydrogen-bond acceptors (Lipinski definition) is 9. The van der Waals surface area contributed by atoms with E-state index in [1.165, 1.54) is 6.08 Å². The minimum absolute atomic E-state index is 0. The minimum atomic E-state index is -0.925. The van der Waals surface area contributed by atoms with Crippen LogP contribution in [0.5, 0.6) is 0 Å². The first-order valence-corrected chi connectivity index (χ1v) is 15.8. The molecule has 4 heterocycles. The van der Waals surface area contributed by atoms with E-state index in [9.17, 15) is 29.7 Å². The summed E-state index contributed by atoms with van der Waals surface area (Å²) in [5.41, 5.74) is 0.122. The van der Waals surface area contributed by atoms with E-state index in [2.05, 4.69) is 23.4 Å². The van der Waals surface area contributed by atoms with E-state index in [4.69, 9.17) is 19.0 Å². The molecule has 0 aromatic carbocycles. The average Bonchev–Trinajstić information content (AvgIpc) is 3.71. The number of imide groups is 1. The number of nitrogens with one attached hydrogen (secondary N) is 1. The molecule has 4 fully saturated rings. The maximum atomic E-state index is 12.5. The Labute approximate surface area is 299 Å². The molecule has 1 spiro atoms. The van der Waals surface area contributed by atoms with Crippen LogP contribution in [0.4, 0.5) is 0 Å². The molecule has 47 heavy (non-hydrogen) atoms. The fourth-order valence-electron chi connectivity index (χ4n) is 5.88. The van der Waals surface area contributed by atoms with Gasteiger partial charge in [0.1, 0.15) is 17.8 Å². The quantitative estimate of drug-likeness (QED) is 0.0601. The summed E-state index contributed by atoms with van der Waals surface area (Å²) in [6, 6.07) is -0.160. The smallest absolute Gasteiger partial charge is 0.644 e. The summed E-state index contributed by atoms with van der Waals surface area (Å²) in [6.07, 6.45) is 10.1. The molecule has 4 aliphatic rings. The zero-order chi connectivity index (χ0) is 33.6. The van der Waals surface area contributed by atoms with Crippen LogP contribution in [0.15, 0.2) is 40.9 Å². The molecule has 254 valence electrons. The van der Waals surface area contributed by atoms with Crippen molar-refractivity contribution in [1.82, 2.24) is 10.4 Å². The van der Waals surface area contributed by atoms with E-state index >= 15 is 0 Å². The summed E-state index contributed by atoms with van der Waals surface area (Å²) in [5.74, 6) is -2.48. The second-order valence-corrected chi connectivity index (χ2v) is 12.6. The predicted octanol–water partition coefficient (Wildman–Crippen LogP) is 2.59. The Bertz CT molecular complexity index is 1290. The van der Waals surface area contributed by atoms with E-state index in [0.717, 1.165) is 12.0 Å². The molecule has 0 aliphatic carbocycles. The van der Waals surface area contributed by atoms with Crippen LogP contribution >= 0.6 is 0 Å². The molecule has 0 bridgehead atoms. The van der Waals surface area contributed by atoms with Gasteiger partial charge in [0.15, 0.2) is 0 Å². The largest absolute Gasteiger partial charge is 2.00 e. The van der Waals surface area contributed by atoms with Gasteiger partial charge in [-0.3, -0.25) is 14.4 Å². The topological polar surface area (TPSA) is 179 Å². The number of aliphatic hydroxyl groups is 1. The van der Waals surface area contributed by atoms with Crippen LogP contribution in [0.2, 0.25) is 0 Å². The molecule has 2 N–H and O–H groups in total. The number of hydroxylamine groups is 2. The van der Waals surface area contributed by atoms with Crippen molar-refractivity contribution in [2.24, 2.45) is 16.8 Å². The van der Waals surface area contributed by atoms with Crippen molar-refractivity contribution in [2.45, 2.75) is 115 Å². The average molecular weight is 879 g/mol. The number of amides is 3. The first kappa shape index (κ1) is 39.0. The monoisotopic (exact) mass is 878 g/mol. The third-order valence-corrected chi connectivity index (χ3v) is 8.82. The Balaban J connectivity index is 0.00000600. The Morgan fingerprint density at radius 1 is 1.23 bits per heavy atom. The number of hydrogen-bond donors (Lipinski definition) is 2. The maximum absolute atomic E-state index is 12.5. The number of rotatable bonds is 11. The van der Waals surface area contributed by atoms with Crippen LogP contribution in [0.1, 0.15) is 73.1 Å². The molecule has 3 amide bonds. The van der Waals surface area contributed by atoms with Crippen molar-refractivity contribution >= 4 is 35.7 Å². The summed E-state index contributed by atoms with van der Waals surface area (Å²) >= 11 is 0. The number of nitrogens with zero attached hydrogens (tertiary/aromatic N) is 3. The van der Waals surface area contributed by atoms with Crippen LogP contribution in [0, 0.1) is 42.9 Å². The van der Waals surface area contributed by atoms with Crippen molar-refractivity contribution in [3.8, 4) is 0 Å². The van der Waals surface area contributed by atoms with Crippen molar-refractivity contribution < 1.29 is 74.4 Å². The van der Waals surface area contributed by atoms with Gasteiger partial charge in [-0.1, -0.05) is 49.6 Å². The van der Waals surface area contributed by atoms with Crippen LogP contribution < -0.4 is 5.32 Å². The molecule has 4 aliphatic heterocycles. The molecule has 7 unspecified atom stereocenters. The zero-order valence-electron chi connectivity index (χ0n) is 27.5. The Kier molecular flexibility index (Phi) is 14.3. The van der Waals surface area contributed by atoms with Crippen molar-refractivity contribution in [3.05, 3.63) is 41.4 Å². The van der Waals surface area contributed by atoms with Crippen LogP contribution in [-0.4, -0.2) is 94.7 Å². The first-order chi connectivity index (χ1) is 21.8. The van der Waals surface area contributed by atoms with E-state index in [0.29, 0.717) is 18.1 Å². The van der Waals surface area contributed by atoms with Gasteiger partial charge in [0.25, 0.3) is 11.8 Å². The molecule has 13 nitrogen and oxygen atoms in total. The Morgan fingerprint density at radius 2 is 1.91 bits per heavy atom. The molecule has 4 rings (SSSR count). The van der Waals surface area contributed by atoms with Crippen molar-refractivity contribution in [3.63, 3.8) is 0 Å². The van der Waals surface area contributed by atoms with Crippen molar-refractivity contribution in [1.29, 1.82) is 0 Å². The fourth-order valence-corrected chi connectivity index (χ4v) is 5.88. The van der Waals surface area contributed by atoms with Crippen molar-refractivity contribution in [2.75, 3.05) is 6.61 Å². The third kappa shape index (κ3) is 10.5. The summed E-state index contributed by atoms with van der Waals surface area (Å²) < 4.78 is 17.9. The molecular formula is C33H44N4O9U. The number of aliphatic imine (C=N–C) groups is 1. The summed E-state index contributed by atoms with van der Waals surface area (Å²) in [7, 11) is 0. The Morgan fingerprint density at radius 3 is 2.55 bits per heavy atom. The summed E-state index contributed by atoms with van der Waals surface area (Å²) in [5, 5.41) is 24.2. The predicted molar refractivity (Wildman–Crippen MR) is 167 cm³/mol. The van der Waals surface area contributed by atoms with Gasteiger partial charge in [-0.25, -0.2) is 10.6 Å². The van der Waals surface area contributed by atoms with Gasteiger partial charge in [-0.05, 0) is 38.7 Å². The molecule has 0 aromatic heterocycles. The first-order valence-electron chi connectivity index (χ1n) is 15.8. The molecule has 14 heteroatoms. The summed E-state index contributed by atoms with van der Waals surface area (Å²) in [6.45, 7) is 9.60. The standard InChI is InChI=1S/C33H44N4O9.U/c1-6-35-32(34)20(3)9-12-27(38)36-24-15-21(4)25(44-22(24)5)10-7-19(2)8-11-26-31(42)33(18-43-33)17-23(45-26)16-30(41)46-37-28(39)13-14-29(37)40;/h7-9,11-12,20-26,31,42H,10,13-18H2,1-5H3,(H,36,38);/q-2;+2/b11-8+,12-9-,19-7+;/t20?,21?,22?,23-,24?,25?,26?,31-,33?;/m1./s1. The second-order valence-electron chi connectivity index (χ2n) is 12.6. The van der Waals surface area contributed by atoms with E-state index in [1.54, 1.807) is 26.0 Å². The second kappa shape index (κ2) is 17.3. The number of amidine groups is 1. The molecule has 0 radical (unpaired) electrons. The molecule has 9 atom stereocenters. The normalized spacial score (nSPS) is 33.4. The molecule has 0 aromatic rings. The number of allylic oxidation sites excluding steroid dienone is 2. The molecule has 4 saturated heterocycles. The Hall–Kier alpha value is -2.47.